The number of aryl methyl sites for hydroxylation is 1. The number of rotatable bonds is 6. The monoisotopic (exact) mass is 328 g/mol. The van der Waals surface area contributed by atoms with Crippen molar-refractivity contribution >= 4 is 17.5 Å². The van der Waals surface area contributed by atoms with Gasteiger partial charge in [0.15, 0.2) is 0 Å². The highest BCUT2D eigenvalue weighted by Crippen LogP contribution is 2.16. The van der Waals surface area contributed by atoms with Gasteiger partial charge >= 0.3 is 0 Å². The predicted molar refractivity (Wildman–Crippen MR) is 92.4 cm³/mol. The van der Waals surface area contributed by atoms with E-state index in [1.54, 1.807) is 36.4 Å². The molecule has 0 aliphatic carbocycles. The zero-order valence-electron chi connectivity index (χ0n) is 13.8. The molecule has 126 valence electrons. The fourth-order valence-corrected chi connectivity index (χ4v) is 2.25. The molecule has 2 amide bonds. The molecule has 2 rings (SSSR count). The highest BCUT2D eigenvalue weighted by atomic mass is 19.1. The maximum Gasteiger partial charge on any atom is 0.253 e. The average Bonchev–Trinajstić information content (AvgIpc) is 2.54. The largest absolute Gasteiger partial charge is 0.350 e. The zero-order chi connectivity index (χ0) is 17.5. The van der Waals surface area contributed by atoms with E-state index in [1.165, 1.54) is 12.1 Å². The first-order chi connectivity index (χ1) is 11.5. The SMILES string of the molecule is CC(C)NC(=O)c1ccccc1NC(=O)CCc1ccc(F)cc1. The molecule has 24 heavy (non-hydrogen) atoms. The van der Waals surface area contributed by atoms with Crippen LogP contribution in [0.25, 0.3) is 0 Å². The number of hydrogen-bond donors (Lipinski definition) is 2. The van der Waals surface area contributed by atoms with Crippen molar-refractivity contribution in [1.82, 2.24) is 5.32 Å². The van der Waals surface area contributed by atoms with Crippen LogP contribution in [-0.4, -0.2) is 17.9 Å². The Balaban J connectivity index is 1.98. The van der Waals surface area contributed by atoms with Crippen LogP contribution in [0.5, 0.6) is 0 Å². The third-order valence-corrected chi connectivity index (χ3v) is 3.42. The van der Waals surface area contributed by atoms with E-state index in [0.717, 1.165) is 5.56 Å². The molecular formula is C19H21FN2O2. The van der Waals surface area contributed by atoms with Gasteiger partial charge in [-0.15, -0.1) is 0 Å². The summed E-state index contributed by atoms with van der Waals surface area (Å²) in [6.07, 6.45) is 0.762. The van der Waals surface area contributed by atoms with Crippen molar-refractivity contribution in [3.8, 4) is 0 Å². The Kier molecular flexibility index (Phi) is 6.07. The van der Waals surface area contributed by atoms with E-state index < -0.39 is 0 Å². The lowest BCUT2D eigenvalue weighted by atomic mass is 10.1. The van der Waals surface area contributed by atoms with Crippen LogP contribution >= 0.6 is 0 Å². The third kappa shape index (κ3) is 5.19. The van der Waals surface area contributed by atoms with Crippen molar-refractivity contribution in [2.75, 3.05) is 5.32 Å². The Morgan fingerprint density at radius 3 is 2.38 bits per heavy atom. The summed E-state index contributed by atoms with van der Waals surface area (Å²) in [6.45, 7) is 3.75. The number of halogens is 1. The second-order valence-corrected chi connectivity index (χ2v) is 5.85. The molecule has 5 heteroatoms. The average molecular weight is 328 g/mol. The summed E-state index contributed by atoms with van der Waals surface area (Å²) >= 11 is 0. The van der Waals surface area contributed by atoms with Crippen LogP contribution in [0.2, 0.25) is 0 Å². The van der Waals surface area contributed by atoms with Gasteiger partial charge in [0.05, 0.1) is 11.3 Å². The summed E-state index contributed by atoms with van der Waals surface area (Å²) in [5.74, 6) is -0.711. The van der Waals surface area contributed by atoms with E-state index >= 15 is 0 Å². The molecule has 0 aliphatic rings. The maximum absolute atomic E-state index is 12.9. The molecule has 0 aliphatic heterocycles. The van der Waals surface area contributed by atoms with E-state index in [9.17, 15) is 14.0 Å². The lowest BCUT2D eigenvalue weighted by Crippen LogP contribution is -2.31. The minimum Gasteiger partial charge on any atom is -0.350 e. The molecule has 0 fully saturated rings. The van der Waals surface area contributed by atoms with E-state index in [-0.39, 0.29) is 30.1 Å². The first-order valence-electron chi connectivity index (χ1n) is 7.90. The van der Waals surface area contributed by atoms with E-state index in [1.807, 2.05) is 13.8 Å². The summed E-state index contributed by atoms with van der Waals surface area (Å²) in [5.41, 5.74) is 1.80. The fraction of sp³-hybridized carbons (Fsp3) is 0.263. The summed E-state index contributed by atoms with van der Waals surface area (Å²) in [6, 6.07) is 13.0. The van der Waals surface area contributed by atoms with Crippen molar-refractivity contribution < 1.29 is 14.0 Å². The summed E-state index contributed by atoms with van der Waals surface area (Å²) < 4.78 is 12.9. The van der Waals surface area contributed by atoms with Gasteiger partial charge in [-0.05, 0) is 50.1 Å². The first kappa shape index (κ1) is 17.7. The quantitative estimate of drug-likeness (QED) is 0.852. The first-order valence-corrected chi connectivity index (χ1v) is 7.90. The van der Waals surface area contributed by atoms with Crippen molar-refractivity contribution in [2.45, 2.75) is 32.7 Å². The molecule has 0 heterocycles. The van der Waals surface area contributed by atoms with Crippen LogP contribution in [0.3, 0.4) is 0 Å². The Labute approximate surface area is 141 Å². The Bertz CT molecular complexity index is 712. The number of carbonyl (C=O) groups is 2. The van der Waals surface area contributed by atoms with Crippen LogP contribution in [0.15, 0.2) is 48.5 Å². The van der Waals surface area contributed by atoms with E-state index in [4.69, 9.17) is 0 Å². The van der Waals surface area contributed by atoms with Crippen molar-refractivity contribution in [3.05, 3.63) is 65.5 Å². The van der Waals surface area contributed by atoms with Gasteiger partial charge in [-0.25, -0.2) is 4.39 Å². The Morgan fingerprint density at radius 2 is 1.71 bits per heavy atom. The second-order valence-electron chi connectivity index (χ2n) is 5.85. The predicted octanol–water partition coefficient (Wildman–Crippen LogP) is 3.54. The van der Waals surface area contributed by atoms with Gasteiger partial charge in [0.1, 0.15) is 5.82 Å². The standard InChI is InChI=1S/C19H21FN2O2/c1-13(2)21-19(24)16-5-3-4-6-17(16)22-18(23)12-9-14-7-10-15(20)11-8-14/h3-8,10-11,13H,9,12H2,1-2H3,(H,21,24)(H,22,23). The van der Waals surface area contributed by atoms with Gasteiger partial charge in [0.2, 0.25) is 5.91 Å². The van der Waals surface area contributed by atoms with Crippen molar-refractivity contribution in [1.29, 1.82) is 0 Å². The number of anilines is 1. The van der Waals surface area contributed by atoms with Crippen LogP contribution in [0.1, 0.15) is 36.2 Å². The Hall–Kier alpha value is -2.69. The summed E-state index contributed by atoms with van der Waals surface area (Å²) in [5, 5.41) is 5.58. The van der Waals surface area contributed by atoms with Crippen LogP contribution in [-0.2, 0) is 11.2 Å². The molecule has 0 unspecified atom stereocenters. The highest BCUT2D eigenvalue weighted by molar-refractivity contribution is 6.03. The molecule has 0 atom stereocenters. The van der Waals surface area contributed by atoms with Crippen molar-refractivity contribution in [3.63, 3.8) is 0 Å². The van der Waals surface area contributed by atoms with Crippen molar-refractivity contribution in [2.24, 2.45) is 0 Å². The molecule has 0 bridgehead atoms. The van der Waals surface area contributed by atoms with E-state index in [2.05, 4.69) is 10.6 Å². The number of para-hydroxylation sites is 1. The smallest absolute Gasteiger partial charge is 0.253 e. The number of carbonyl (C=O) groups excluding carboxylic acids is 2. The topological polar surface area (TPSA) is 58.2 Å². The molecule has 2 aromatic rings. The molecule has 0 saturated carbocycles. The summed E-state index contributed by atoms with van der Waals surface area (Å²) in [7, 11) is 0. The molecule has 0 radical (unpaired) electrons. The van der Waals surface area contributed by atoms with Crippen LogP contribution < -0.4 is 10.6 Å². The number of hydrogen-bond acceptors (Lipinski definition) is 2. The normalized spacial score (nSPS) is 10.5. The highest BCUT2D eigenvalue weighted by Gasteiger charge is 2.13. The molecule has 2 N–H and O–H groups in total. The minimum atomic E-state index is -0.298. The molecule has 0 saturated heterocycles. The van der Waals surface area contributed by atoms with Gasteiger partial charge in [-0.3, -0.25) is 9.59 Å². The third-order valence-electron chi connectivity index (χ3n) is 3.42. The minimum absolute atomic E-state index is 0.0136. The molecule has 0 aromatic heterocycles. The molecular weight excluding hydrogens is 307 g/mol. The lowest BCUT2D eigenvalue weighted by molar-refractivity contribution is -0.116. The summed E-state index contributed by atoms with van der Waals surface area (Å²) in [4.78, 5) is 24.3. The number of nitrogens with one attached hydrogen (secondary N) is 2. The maximum atomic E-state index is 12.9. The van der Waals surface area contributed by atoms with Gasteiger partial charge in [-0.1, -0.05) is 24.3 Å². The van der Waals surface area contributed by atoms with Gasteiger partial charge in [-0.2, -0.15) is 0 Å². The molecule has 2 aromatic carbocycles. The van der Waals surface area contributed by atoms with E-state index in [0.29, 0.717) is 17.7 Å². The van der Waals surface area contributed by atoms with Gasteiger partial charge < -0.3 is 10.6 Å². The molecule has 0 spiro atoms. The van der Waals surface area contributed by atoms with Crippen LogP contribution in [0, 0.1) is 5.82 Å². The number of benzene rings is 2. The molecule has 4 nitrogen and oxygen atoms in total. The van der Waals surface area contributed by atoms with Gasteiger partial charge in [0, 0.05) is 12.5 Å². The van der Waals surface area contributed by atoms with Gasteiger partial charge in [0.25, 0.3) is 5.91 Å². The zero-order valence-corrected chi connectivity index (χ0v) is 13.8. The Morgan fingerprint density at radius 1 is 1.04 bits per heavy atom. The van der Waals surface area contributed by atoms with Crippen LogP contribution in [0.4, 0.5) is 10.1 Å². The second kappa shape index (κ2) is 8.24. The lowest BCUT2D eigenvalue weighted by Gasteiger charge is -2.13. The number of amides is 2. The fourth-order valence-electron chi connectivity index (χ4n) is 2.25.